The summed E-state index contributed by atoms with van der Waals surface area (Å²) in [5, 5.41) is 0. The number of Topliss-reactive ketones (excluding diaryl/α,β-unsaturated/α-hetero) is 1. The summed E-state index contributed by atoms with van der Waals surface area (Å²) in [7, 11) is 0. The molecule has 1 fully saturated rings. The van der Waals surface area contributed by atoms with Gasteiger partial charge in [0.1, 0.15) is 5.78 Å². The number of rotatable bonds is 3. The van der Waals surface area contributed by atoms with E-state index in [0.717, 1.165) is 4.90 Å². The highest BCUT2D eigenvalue weighted by Gasteiger charge is 2.62. The van der Waals surface area contributed by atoms with Crippen LogP contribution in [0.25, 0.3) is 0 Å². The number of ketones is 1. The molecule has 0 aromatic rings. The number of halogens is 4. The number of hydrogen-bond acceptors (Lipinski definition) is 2. The molecule has 0 aromatic heterocycles. The van der Waals surface area contributed by atoms with Crippen LogP contribution < -0.4 is 0 Å². The fourth-order valence-electron chi connectivity index (χ4n) is 1.36. The first-order valence-electron chi connectivity index (χ1n) is 4.66. The van der Waals surface area contributed by atoms with Gasteiger partial charge < -0.3 is 0 Å². The van der Waals surface area contributed by atoms with E-state index in [1.807, 2.05) is 0 Å². The SMILES string of the molecule is CC(C)C(=O)CN1CC(F)(F)C(F)(F)C1. The van der Waals surface area contributed by atoms with Gasteiger partial charge in [-0.3, -0.25) is 9.69 Å². The Balaban J connectivity index is 2.60. The van der Waals surface area contributed by atoms with Crippen LogP contribution in [0.5, 0.6) is 0 Å². The van der Waals surface area contributed by atoms with Gasteiger partial charge in [-0.15, -0.1) is 0 Å². The quantitative estimate of drug-likeness (QED) is 0.685. The van der Waals surface area contributed by atoms with E-state index in [4.69, 9.17) is 0 Å². The molecule has 0 bridgehead atoms. The van der Waals surface area contributed by atoms with Crippen molar-refractivity contribution in [3.63, 3.8) is 0 Å². The summed E-state index contributed by atoms with van der Waals surface area (Å²) in [6.07, 6.45) is 0. The Morgan fingerprint density at radius 3 is 1.93 bits per heavy atom. The van der Waals surface area contributed by atoms with E-state index in [-0.39, 0.29) is 18.2 Å². The molecule has 1 saturated heterocycles. The van der Waals surface area contributed by atoms with E-state index in [2.05, 4.69) is 0 Å². The van der Waals surface area contributed by atoms with Gasteiger partial charge in [0.25, 0.3) is 0 Å². The number of hydrogen-bond donors (Lipinski definition) is 0. The summed E-state index contributed by atoms with van der Waals surface area (Å²) >= 11 is 0. The topological polar surface area (TPSA) is 20.3 Å². The van der Waals surface area contributed by atoms with Crippen molar-refractivity contribution in [2.75, 3.05) is 19.6 Å². The summed E-state index contributed by atoms with van der Waals surface area (Å²) < 4.78 is 50.9. The van der Waals surface area contributed by atoms with Crippen molar-refractivity contribution >= 4 is 5.78 Å². The molecule has 0 aromatic carbocycles. The van der Waals surface area contributed by atoms with E-state index in [9.17, 15) is 22.4 Å². The third-order valence-electron chi connectivity index (χ3n) is 2.40. The number of alkyl halides is 4. The van der Waals surface area contributed by atoms with Crippen molar-refractivity contribution in [3.05, 3.63) is 0 Å². The Bertz CT molecular complexity index is 249. The number of nitrogens with zero attached hydrogens (tertiary/aromatic N) is 1. The molecule has 0 atom stereocenters. The predicted octanol–water partition coefficient (Wildman–Crippen LogP) is 1.80. The van der Waals surface area contributed by atoms with Gasteiger partial charge in [-0.1, -0.05) is 13.8 Å². The molecule has 0 saturated carbocycles. The van der Waals surface area contributed by atoms with Gasteiger partial charge in [0.2, 0.25) is 0 Å². The maximum atomic E-state index is 12.7. The van der Waals surface area contributed by atoms with Crippen LogP contribution in [0.1, 0.15) is 13.8 Å². The Morgan fingerprint density at radius 2 is 1.60 bits per heavy atom. The lowest BCUT2D eigenvalue weighted by Crippen LogP contribution is -2.38. The lowest BCUT2D eigenvalue weighted by atomic mass is 10.1. The summed E-state index contributed by atoms with van der Waals surface area (Å²) in [5.41, 5.74) is 0. The van der Waals surface area contributed by atoms with Crippen molar-refractivity contribution in [1.82, 2.24) is 4.90 Å². The Labute approximate surface area is 85.2 Å². The van der Waals surface area contributed by atoms with Crippen LogP contribution in [-0.4, -0.2) is 42.2 Å². The minimum Gasteiger partial charge on any atom is -0.298 e. The van der Waals surface area contributed by atoms with Crippen LogP contribution in [0.3, 0.4) is 0 Å². The molecule has 0 spiro atoms. The minimum absolute atomic E-state index is 0.302. The van der Waals surface area contributed by atoms with Gasteiger partial charge in [0, 0.05) is 5.92 Å². The van der Waals surface area contributed by atoms with E-state index in [0.29, 0.717) is 0 Å². The summed E-state index contributed by atoms with van der Waals surface area (Å²) in [5.74, 6) is -8.68. The monoisotopic (exact) mass is 227 g/mol. The number of carbonyl (C=O) groups excluding carboxylic acids is 1. The van der Waals surface area contributed by atoms with E-state index >= 15 is 0 Å². The molecule has 1 aliphatic rings. The Kier molecular flexibility index (Phi) is 3.09. The van der Waals surface area contributed by atoms with Crippen LogP contribution >= 0.6 is 0 Å². The molecule has 6 heteroatoms. The van der Waals surface area contributed by atoms with Gasteiger partial charge in [-0.2, -0.15) is 17.6 Å². The molecule has 88 valence electrons. The van der Waals surface area contributed by atoms with E-state index < -0.39 is 24.9 Å². The maximum absolute atomic E-state index is 12.7. The fourth-order valence-corrected chi connectivity index (χ4v) is 1.36. The lowest BCUT2D eigenvalue weighted by Gasteiger charge is -2.15. The second-order valence-electron chi connectivity index (χ2n) is 4.18. The zero-order valence-corrected chi connectivity index (χ0v) is 8.57. The molecule has 1 heterocycles. The van der Waals surface area contributed by atoms with Gasteiger partial charge in [0.05, 0.1) is 19.6 Å². The second kappa shape index (κ2) is 3.73. The van der Waals surface area contributed by atoms with Crippen molar-refractivity contribution in [1.29, 1.82) is 0 Å². The molecule has 0 amide bonds. The van der Waals surface area contributed by atoms with Gasteiger partial charge in [0.15, 0.2) is 0 Å². The normalized spacial score (nSPS) is 24.7. The maximum Gasteiger partial charge on any atom is 0.323 e. The molecular formula is C9H13F4NO. The summed E-state index contributed by atoms with van der Waals surface area (Å²) in [6.45, 7) is 0.795. The Hall–Kier alpha value is -0.650. The van der Waals surface area contributed by atoms with Crippen molar-refractivity contribution < 1.29 is 22.4 Å². The highest BCUT2D eigenvalue weighted by Crippen LogP contribution is 2.40. The average molecular weight is 227 g/mol. The highest BCUT2D eigenvalue weighted by molar-refractivity contribution is 5.82. The van der Waals surface area contributed by atoms with Gasteiger partial charge in [-0.25, -0.2) is 0 Å². The molecule has 0 radical (unpaired) electrons. The van der Waals surface area contributed by atoms with Crippen molar-refractivity contribution in [2.24, 2.45) is 5.92 Å². The molecule has 15 heavy (non-hydrogen) atoms. The third-order valence-corrected chi connectivity index (χ3v) is 2.40. The number of carbonyl (C=O) groups is 1. The second-order valence-corrected chi connectivity index (χ2v) is 4.18. The molecule has 0 N–H and O–H groups in total. The van der Waals surface area contributed by atoms with Crippen molar-refractivity contribution in [3.8, 4) is 0 Å². The van der Waals surface area contributed by atoms with Crippen LogP contribution in [0.4, 0.5) is 17.6 Å². The minimum atomic E-state index is -4.02. The number of likely N-dealkylation sites (tertiary alicyclic amines) is 1. The molecule has 0 unspecified atom stereocenters. The predicted molar refractivity (Wildman–Crippen MR) is 46.2 cm³/mol. The van der Waals surface area contributed by atoms with Gasteiger partial charge >= 0.3 is 11.8 Å². The first-order valence-corrected chi connectivity index (χ1v) is 4.66. The fraction of sp³-hybridized carbons (Fsp3) is 0.889. The summed E-state index contributed by atoms with van der Waals surface area (Å²) in [4.78, 5) is 12.0. The van der Waals surface area contributed by atoms with Gasteiger partial charge in [-0.05, 0) is 0 Å². The average Bonchev–Trinajstić information content (AvgIpc) is 2.19. The van der Waals surface area contributed by atoms with E-state index in [1.54, 1.807) is 13.8 Å². The third kappa shape index (κ3) is 2.48. The lowest BCUT2D eigenvalue weighted by molar-refractivity contribution is -0.172. The largest absolute Gasteiger partial charge is 0.323 e. The van der Waals surface area contributed by atoms with Crippen LogP contribution in [0.15, 0.2) is 0 Å². The zero-order chi connectivity index (χ0) is 11.9. The zero-order valence-electron chi connectivity index (χ0n) is 8.57. The van der Waals surface area contributed by atoms with Crippen LogP contribution in [0, 0.1) is 5.92 Å². The standard InChI is InChI=1S/C9H13F4NO/c1-6(2)7(15)3-14-4-8(10,11)9(12,13)5-14/h6H,3-5H2,1-2H3. The molecular weight excluding hydrogens is 214 g/mol. The van der Waals surface area contributed by atoms with E-state index in [1.165, 1.54) is 0 Å². The van der Waals surface area contributed by atoms with Crippen molar-refractivity contribution in [2.45, 2.75) is 25.7 Å². The Morgan fingerprint density at radius 1 is 1.20 bits per heavy atom. The summed E-state index contributed by atoms with van der Waals surface area (Å²) in [6, 6.07) is 0. The smallest absolute Gasteiger partial charge is 0.298 e. The first-order chi connectivity index (χ1) is 6.66. The van der Waals surface area contributed by atoms with Crippen LogP contribution in [0.2, 0.25) is 0 Å². The highest BCUT2D eigenvalue weighted by atomic mass is 19.3. The molecule has 0 aliphatic carbocycles. The van der Waals surface area contributed by atoms with Crippen LogP contribution in [-0.2, 0) is 4.79 Å². The molecule has 1 aliphatic heterocycles. The molecule has 1 rings (SSSR count). The first kappa shape index (κ1) is 12.4. The molecule has 2 nitrogen and oxygen atoms in total.